The quantitative estimate of drug-likeness (QED) is 0.127. The summed E-state index contributed by atoms with van der Waals surface area (Å²) in [7, 11) is 7.95. The van der Waals surface area contributed by atoms with Crippen molar-refractivity contribution in [3.05, 3.63) is 41.3 Å². The SMILES string of the molecule is CC(C)CC(C(=O)c1nnc(SCCN(C)C)o1)N(C=O)C1(NC(=O)c2ccc(CN(C)C)cc2)CCCCC1.Cl.Cl. The molecule has 3 rings (SSSR count). The molecule has 0 radical (unpaired) electrons. The van der Waals surface area contributed by atoms with E-state index in [4.69, 9.17) is 4.42 Å². The van der Waals surface area contributed by atoms with Crippen LogP contribution in [-0.2, 0) is 11.3 Å². The molecule has 1 aliphatic carbocycles. The minimum Gasteiger partial charge on any atom is -0.408 e. The van der Waals surface area contributed by atoms with Gasteiger partial charge in [-0.3, -0.25) is 14.4 Å². The van der Waals surface area contributed by atoms with E-state index in [-0.39, 0.29) is 42.5 Å². The van der Waals surface area contributed by atoms with Crippen molar-refractivity contribution in [2.75, 3.05) is 40.5 Å². The first kappa shape index (κ1) is 37.8. The third-order valence-electron chi connectivity index (χ3n) is 7.06. The van der Waals surface area contributed by atoms with E-state index in [0.29, 0.717) is 36.5 Å². The van der Waals surface area contributed by atoms with Gasteiger partial charge in [-0.1, -0.05) is 44.2 Å². The van der Waals surface area contributed by atoms with E-state index in [1.165, 1.54) is 16.7 Å². The number of Topliss-reactive ketones (excluding diaryl/α,β-unsaturated/α-hetero) is 1. The molecule has 0 bridgehead atoms. The van der Waals surface area contributed by atoms with Crippen molar-refractivity contribution in [2.24, 2.45) is 5.92 Å². The lowest BCUT2D eigenvalue weighted by molar-refractivity contribution is -0.129. The van der Waals surface area contributed by atoms with Crippen molar-refractivity contribution < 1.29 is 18.8 Å². The maximum atomic E-state index is 13.8. The number of rotatable bonds is 15. The van der Waals surface area contributed by atoms with Crippen LogP contribution in [0.15, 0.2) is 33.9 Å². The van der Waals surface area contributed by atoms with E-state index in [1.54, 1.807) is 12.1 Å². The summed E-state index contributed by atoms with van der Waals surface area (Å²) in [5.74, 6) is 0.0648. The van der Waals surface area contributed by atoms with E-state index in [9.17, 15) is 14.4 Å². The summed E-state index contributed by atoms with van der Waals surface area (Å²) in [4.78, 5) is 45.7. The second-order valence-corrected chi connectivity index (χ2v) is 12.6. The molecule has 1 atom stereocenters. The van der Waals surface area contributed by atoms with Gasteiger partial charge in [-0.2, -0.15) is 0 Å². The summed E-state index contributed by atoms with van der Waals surface area (Å²) < 4.78 is 5.73. The molecule has 13 heteroatoms. The highest BCUT2D eigenvalue weighted by Crippen LogP contribution is 2.35. The molecule has 1 aliphatic rings. The zero-order valence-electron chi connectivity index (χ0n) is 25.5. The second kappa shape index (κ2) is 17.8. The molecule has 0 saturated heterocycles. The Hall–Kier alpha value is -2.18. The first-order chi connectivity index (χ1) is 19.0. The van der Waals surface area contributed by atoms with Crippen molar-refractivity contribution in [1.82, 2.24) is 30.2 Å². The monoisotopic (exact) mass is 644 g/mol. The van der Waals surface area contributed by atoms with Crippen molar-refractivity contribution in [2.45, 2.75) is 75.8 Å². The first-order valence-electron chi connectivity index (χ1n) is 14.0. The maximum absolute atomic E-state index is 13.8. The van der Waals surface area contributed by atoms with E-state index < -0.39 is 17.5 Å². The van der Waals surface area contributed by atoms with Crippen molar-refractivity contribution >= 4 is 54.7 Å². The largest absolute Gasteiger partial charge is 0.408 e. The molecular formula is C29H46Cl2N6O4S. The summed E-state index contributed by atoms with van der Waals surface area (Å²) >= 11 is 1.39. The predicted octanol–water partition coefficient (Wildman–Crippen LogP) is 4.77. The summed E-state index contributed by atoms with van der Waals surface area (Å²) in [5.41, 5.74) is 0.629. The molecular weight excluding hydrogens is 599 g/mol. The van der Waals surface area contributed by atoms with Crippen LogP contribution in [0.25, 0.3) is 0 Å². The lowest BCUT2D eigenvalue weighted by atomic mass is 9.84. The number of nitrogens with zero attached hydrogens (tertiary/aromatic N) is 5. The van der Waals surface area contributed by atoms with Gasteiger partial charge in [0.05, 0.1) is 0 Å². The maximum Gasteiger partial charge on any atom is 0.286 e. The molecule has 236 valence electrons. The summed E-state index contributed by atoms with van der Waals surface area (Å²) in [6.07, 6.45) is 4.91. The highest BCUT2D eigenvalue weighted by atomic mass is 35.5. The van der Waals surface area contributed by atoms with E-state index >= 15 is 0 Å². The molecule has 2 aromatic rings. The minimum atomic E-state index is -0.988. The third-order valence-corrected chi connectivity index (χ3v) is 7.86. The summed E-state index contributed by atoms with van der Waals surface area (Å²) in [6, 6.07) is 6.64. The number of carbonyl (C=O) groups excluding carboxylic acids is 3. The van der Waals surface area contributed by atoms with E-state index in [0.717, 1.165) is 43.7 Å². The molecule has 42 heavy (non-hydrogen) atoms. The van der Waals surface area contributed by atoms with Gasteiger partial charge in [0.2, 0.25) is 12.2 Å². The molecule has 0 spiro atoms. The van der Waals surface area contributed by atoms with Crippen molar-refractivity contribution in [3.63, 3.8) is 0 Å². The number of amides is 2. The van der Waals surface area contributed by atoms with Gasteiger partial charge in [0.15, 0.2) is 0 Å². The Morgan fingerprint density at radius 3 is 2.21 bits per heavy atom. The first-order valence-corrected chi connectivity index (χ1v) is 15.0. The van der Waals surface area contributed by atoms with Crippen LogP contribution in [0.5, 0.6) is 0 Å². The fourth-order valence-corrected chi connectivity index (χ4v) is 5.95. The van der Waals surface area contributed by atoms with Gasteiger partial charge in [-0.15, -0.1) is 35.0 Å². The highest BCUT2D eigenvalue weighted by Gasteiger charge is 2.45. The number of hydrogen-bond donors (Lipinski definition) is 1. The Kier molecular flexibility index (Phi) is 16.1. The topological polar surface area (TPSA) is 112 Å². The van der Waals surface area contributed by atoms with Gasteiger partial charge < -0.3 is 24.4 Å². The van der Waals surface area contributed by atoms with Crippen LogP contribution in [0.2, 0.25) is 0 Å². The molecule has 10 nitrogen and oxygen atoms in total. The highest BCUT2D eigenvalue weighted by molar-refractivity contribution is 7.99. The van der Waals surface area contributed by atoms with Crippen LogP contribution in [0.4, 0.5) is 0 Å². The molecule has 1 N–H and O–H groups in total. The number of halogens is 2. The van der Waals surface area contributed by atoms with Crippen molar-refractivity contribution in [1.29, 1.82) is 0 Å². The average Bonchev–Trinajstić information content (AvgIpc) is 3.37. The molecule has 1 saturated carbocycles. The summed E-state index contributed by atoms with van der Waals surface area (Å²) in [5, 5.41) is 11.6. The second-order valence-electron chi connectivity index (χ2n) is 11.5. The zero-order valence-corrected chi connectivity index (χ0v) is 27.9. The van der Waals surface area contributed by atoms with Gasteiger partial charge >= 0.3 is 0 Å². The van der Waals surface area contributed by atoms with Crippen LogP contribution in [-0.4, -0.2) is 95.2 Å². The minimum absolute atomic E-state index is 0. The van der Waals surface area contributed by atoms with Gasteiger partial charge in [-0.25, -0.2) is 0 Å². The fourth-order valence-electron chi connectivity index (χ4n) is 5.09. The van der Waals surface area contributed by atoms with Crippen LogP contribution in [0.3, 0.4) is 0 Å². The lowest BCUT2D eigenvalue weighted by Crippen LogP contribution is -2.65. The van der Waals surface area contributed by atoms with Gasteiger partial charge in [-0.05, 0) is 83.9 Å². The predicted molar refractivity (Wildman–Crippen MR) is 171 cm³/mol. The Bertz CT molecular complexity index is 1120. The third kappa shape index (κ3) is 10.5. The average molecular weight is 646 g/mol. The number of thioether (sulfide) groups is 1. The molecule has 1 fully saturated rings. The lowest BCUT2D eigenvalue weighted by Gasteiger charge is -2.48. The normalized spacial score (nSPS) is 15.1. The number of nitrogens with one attached hydrogen (secondary N) is 1. The standard InChI is InChI=1S/C29H44N6O4S.2ClH/c1-21(2)18-24(25(37)27-31-32-28(39-27)40-17-16-33(3)4)35(20-36)29(14-8-7-9-15-29)30-26(38)23-12-10-22(11-13-23)19-34(5)6;;/h10-13,20-21,24H,7-9,14-19H2,1-6H3,(H,30,38);2*1H. The number of ketones is 1. The zero-order chi connectivity index (χ0) is 29.3. The van der Waals surface area contributed by atoms with Gasteiger partial charge in [0.25, 0.3) is 17.0 Å². The van der Waals surface area contributed by atoms with E-state index in [2.05, 4.69) is 20.4 Å². The molecule has 1 aromatic heterocycles. The number of hydrogen-bond acceptors (Lipinski definition) is 9. The fraction of sp³-hybridized carbons (Fsp3) is 0.621. The molecule has 1 aromatic carbocycles. The molecule has 2 amide bonds. The van der Waals surface area contributed by atoms with Gasteiger partial charge in [0.1, 0.15) is 11.7 Å². The van der Waals surface area contributed by atoms with Crippen LogP contribution >= 0.6 is 36.6 Å². The number of aromatic nitrogens is 2. The Balaban J connectivity index is 0.00000441. The van der Waals surface area contributed by atoms with Crippen LogP contribution < -0.4 is 5.32 Å². The van der Waals surface area contributed by atoms with Crippen LogP contribution in [0.1, 0.15) is 79.0 Å². The number of benzene rings is 1. The van der Waals surface area contributed by atoms with Crippen molar-refractivity contribution in [3.8, 4) is 0 Å². The molecule has 1 unspecified atom stereocenters. The summed E-state index contributed by atoms with van der Waals surface area (Å²) in [6.45, 7) is 5.60. The molecule has 0 aliphatic heterocycles. The Labute approximate surface area is 266 Å². The smallest absolute Gasteiger partial charge is 0.286 e. The van der Waals surface area contributed by atoms with Gasteiger partial charge in [0, 0.05) is 24.4 Å². The van der Waals surface area contributed by atoms with Crippen LogP contribution in [0, 0.1) is 5.92 Å². The Morgan fingerprint density at radius 2 is 1.67 bits per heavy atom. The Morgan fingerprint density at radius 1 is 1.02 bits per heavy atom. The number of carbonyl (C=O) groups is 3. The van der Waals surface area contributed by atoms with E-state index in [1.807, 2.05) is 59.1 Å². The molecule has 1 heterocycles.